The van der Waals surface area contributed by atoms with Crippen molar-refractivity contribution in [3.8, 4) is 0 Å². The van der Waals surface area contributed by atoms with Crippen LogP contribution in [0.5, 0.6) is 0 Å². The summed E-state index contributed by atoms with van der Waals surface area (Å²) in [5.74, 6) is 0. The van der Waals surface area contributed by atoms with Crippen molar-refractivity contribution in [1.82, 2.24) is 0 Å². The third kappa shape index (κ3) is 4.83. The van der Waals surface area contributed by atoms with E-state index in [2.05, 4.69) is 34.3 Å². The van der Waals surface area contributed by atoms with E-state index in [9.17, 15) is 0 Å². The van der Waals surface area contributed by atoms with Gasteiger partial charge in [-0.2, -0.15) is 0 Å². The summed E-state index contributed by atoms with van der Waals surface area (Å²) in [5, 5.41) is 0. The molecule has 0 aliphatic carbocycles. The normalized spacial score (nSPS) is 9.45. The van der Waals surface area contributed by atoms with Crippen LogP contribution in [0, 0.1) is 0 Å². The number of hydrogen-bond donors (Lipinski definition) is 0. The van der Waals surface area contributed by atoms with E-state index >= 15 is 0 Å². The average Bonchev–Trinajstić information content (AvgIpc) is 1.99. The first-order chi connectivity index (χ1) is 5.07. The first kappa shape index (κ1) is 10.5. The fraction of sp³-hybridized carbons (Fsp3) is 0.636. The molecule has 0 amide bonds. The molecule has 0 rings (SSSR count). The molecule has 0 bridgehead atoms. The molecule has 64 valence electrons. The Hall–Kier alpha value is -0.520. The summed E-state index contributed by atoms with van der Waals surface area (Å²) < 4.78 is 0. The smallest absolute Gasteiger partial charge is 0.0283 e. The SMILES string of the molecule is C=C(CC)CCC(C)=C(C)C. The molecule has 0 saturated heterocycles. The molecule has 0 heterocycles. The van der Waals surface area contributed by atoms with Crippen LogP contribution in [0.25, 0.3) is 0 Å². The first-order valence-electron chi connectivity index (χ1n) is 4.37. The molecule has 0 atom stereocenters. The Bertz CT molecular complexity index is 157. The fourth-order valence-electron chi connectivity index (χ4n) is 0.791. The van der Waals surface area contributed by atoms with Crippen LogP contribution in [-0.2, 0) is 0 Å². The Balaban J connectivity index is 3.72. The predicted molar refractivity (Wildman–Crippen MR) is 52.7 cm³/mol. The van der Waals surface area contributed by atoms with Crippen molar-refractivity contribution in [3.05, 3.63) is 23.3 Å². The van der Waals surface area contributed by atoms with Crippen molar-refractivity contribution in [2.45, 2.75) is 47.0 Å². The van der Waals surface area contributed by atoms with E-state index in [-0.39, 0.29) is 0 Å². The topological polar surface area (TPSA) is 0 Å². The fourth-order valence-corrected chi connectivity index (χ4v) is 0.791. The first-order valence-corrected chi connectivity index (χ1v) is 4.37. The van der Waals surface area contributed by atoms with Gasteiger partial charge in [-0.25, -0.2) is 0 Å². The lowest BCUT2D eigenvalue weighted by atomic mass is 10.0. The van der Waals surface area contributed by atoms with Gasteiger partial charge in [-0.05, 0) is 40.0 Å². The molecular formula is C11H20. The van der Waals surface area contributed by atoms with Gasteiger partial charge in [0.2, 0.25) is 0 Å². The van der Waals surface area contributed by atoms with Crippen molar-refractivity contribution in [1.29, 1.82) is 0 Å². The second-order valence-electron chi connectivity index (χ2n) is 3.38. The Labute approximate surface area is 71.0 Å². The van der Waals surface area contributed by atoms with Crippen LogP contribution in [0.3, 0.4) is 0 Å². The average molecular weight is 152 g/mol. The van der Waals surface area contributed by atoms with Crippen LogP contribution in [0.15, 0.2) is 23.3 Å². The van der Waals surface area contributed by atoms with E-state index in [1.807, 2.05) is 0 Å². The van der Waals surface area contributed by atoms with Crippen LogP contribution >= 0.6 is 0 Å². The zero-order valence-electron chi connectivity index (χ0n) is 8.33. The molecule has 11 heavy (non-hydrogen) atoms. The Kier molecular flexibility index (Phi) is 4.93. The minimum absolute atomic E-state index is 1.12. The minimum atomic E-state index is 1.12. The standard InChI is InChI=1S/C11H20/c1-6-10(4)7-8-11(5)9(2)3/h4,6-8H2,1-3,5H3. The summed E-state index contributed by atoms with van der Waals surface area (Å²) in [6.45, 7) is 12.7. The molecule has 0 aliphatic heterocycles. The number of hydrogen-bond acceptors (Lipinski definition) is 0. The van der Waals surface area contributed by atoms with E-state index in [0.29, 0.717) is 0 Å². The second-order valence-corrected chi connectivity index (χ2v) is 3.38. The highest BCUT2D eigenvalue weighted by atomic mass is 14.0. The molecule has 0 spiro atoms. The molecule has 0 fully saturated rings. The third-order valence-corrected chi connectivity index (χ3v) is 2.21. The minimum Gasteiger partial charge on any atom is -0.0999 e. The number of allylic oxidation sites excluding steroid dienone is 3. The van der Waals surface area contributed by atoms with Gasteiger partial charge < -0.3 is 0 Å². The van der Waals surface area contributed by atoms with E-state index in [1.54, 1.807) is 0 Å². The molecule has 0 nitrogen and oxygen atoms in total. The zero-order valence-corrected chi connectivity index (χ0v) is 8.33. The van der Waals surface area contributed by atoms with Crippen molar-refractivity contribution >= 4 is 0 Å². The molecule has 0 saturated carbocycles. The maximum absolute atomic E-state index is 3.98. The second kappa shape index (κ2) is 5.17. The predicted octanol–water partition coefficient (Wildman–Crippen LogP) is 4.09. The van der Waals surface area contributed by atoms with Crippen LogP contribution in [0.4, 0.5) is 0 Å². The molecular weight excluding hydrogens is 132 g/mol. The molecule has 0 aromatic carbocycles. The highest BCUT2D eigenvalue weighted by Gasteiger charge is 1.94. The molecule has 0 aliphatic rings. The molecule has 0 N–H and O–H groups in total. The largest absolute Gasteiger partial charge is 0.0999 e. The van der Waals surface area contributed by atoms with Gasteiger partial charge in [-0.1, -0.05) is 30.2 Å². The monoisotopic (exact) mass is 152 g/mol. The Morgan fingerprint density at radius 1 is 1.09 bits per heavy atom. The van der Waals surface area contributed by atoms with Gasteiger partial charge in [-0.15, -0.1) is 0 Å². The third-order valence-electron chi connectivity index (χ3n) is 2.21. The lowest BCUT2D eigenvalue weighted by molar-refractivity contribution is 0.868. The van der Waals surface area contributed by atoms with Crippen LogP contribution in [0.2, 0.25) is 0 Å². The van der Waals surface area contributed by atoms with E-state index in [4.69, 9.17) is 0 Å². The zero-order chi connectivity index (χ0) is 8.85. The van der Waals surface area contributed by atoms with Crippen LogP contribution < -0.4 is 0 Å². The highest BCUT2D eigenvalue weighted by molar-refractivity contribution is 5.09. The maximum Gasteiger partial charge on any atom is -0.0283 e. The van der Waals surface area contributed by atoms with Gasteiger partial charge in [0.1, 0.15) is 0 Å². The molecule has 0 radical (unpaired) electrons. The van der Waals surface area contributed by atoms with Gasteiger partial charge >= 0.3 is 0 Å². The van der Waals surface area contributed by atoms with Gasteiger partial charge in [0, 0.05) is 0 Å². The van der Waals surface area contributed by atoms with E-state index < -0.39 is 0 Å². The maximum atomic E-state index is 3.98. The molecule has 0 unspecified atom stereocenters. The summed E-state index contributed by atoms with van der Waals surface area (Å²) in [4.78, 5) is 0. The molecule has 0 aromatic heterocycles. The van der Waals surface area contributed by atoms with Gasteiger partial charge in [0.15, 0.2) is 0 Å². The lowest BCUT2D eigenvalue weighted by Gasteiger charge is -2.04. The summed E-state index contributed by atoms with van der Waals surface area (Å²) in [7, 11) is 0. The van der Waals surface area contributed by atoms with Crippen molar-refractivity contribution < 1.29 is 0 Å². The number of rotatable bonds is 4. The van der Waals surface area contributed by atoms with Crippen molar-refractivity contribution in [2.24, 2.45) is 0 Å². The Morgan fingerprint density at radius 3 is 2.00 bits per heavy atom. The van der Waals surface area contributed by atoms with Crippen LogP contribution in [-0.4, -0.2) is 0 Å². The highest BCUT2D eigenvalue weighted by Crippen LogP contribution is 2.14. The van der Waals surface area contributed by atoms with E-state index in [0.717, 1.165) is 12.8 Å². The summed E-state index contributed by atoms with van der Waals surface area (Å²) in [5.41, 5.74) is 4.33. The summed E-state index contributed by atoms with van der Waals surface area (Å²) in [6, 6.07) is 0. The summed E-state index contributed by atoms with van der Waals surface area (Å²) >= 11 is 0. The summed E-state index contributed by atoms with van der Waals surface area (Å²) in [6.07, 6.45) is 3.47. The van der Waals surface area contributed by atoms with Crippen LogP contribution in [0.1, 0.15) is 47.0 Å². The van der Waals surface area contributed by atoms with E-state index in [1.165, 1.54) is 23.1 Å². The van der Waals surface area contributed by atoms with Gasteiger partial charge in [0.05, 0.1) is 0 Å². The van der Waals surface area contributed by atoms with Crippen molar-refractivity contribution in [3.63, 3.8) is 0 Å². The Morgan fingerprint density at radius 2 is 1.64 bits per heavy atom. The van der Waals surface area contributed by atoms with Crippen molar-refractivity contribution in [2.75, 3.05) is 0 Å². The quantitative estimate of drug-likeness (QED) is 0.532. The molecule has 0 aromatic rings. The molecule has 0 heteroatoms. The lowest BCUT2D eigenvalue weighted by Crippen LogP contribution is -1.84. The van der Waals surface area contributed by atoms with Gasteiger partial charge in [-0.3, -0.25) is 0 Å². The van der Waals surface area contributed by atoms with Gasteiger partial charge in [0.25, 0.3) is 0 Å².